The minimum atomic E-state index is -0.973. The van der Waals surface area contributed by atoms with Gasteiger partial charge in [0.25, 0.3) is 5.91 Å². The van der Waals surface area contributed by atoms with E-state index in [1.54, 1.807) is 13.0 Å². The molecule has 7 nitrogen and oxygen atoms in total. The van der Waals surface area contributed by atoms with Crippen molar-refractivity contribution in [1.82, 2.24) is 10.6 Å². The predicted molar refractivity (Wildman–Crippen MR) is 65.5 cm³/mol. The molecule has 1 atom stereocenters. The third kappa shape index (κ3) is 5.71. The van der Waals surface area contributed by atoms with Crippen molar-refractivity contribution in [3.8, 4) is 0 Å². The highest BCUT2D eigenvalue weighted by Gasteiger charge is 2.12. The molecule has 0 aromatic carbocycles. The lowest BCUT2D eigenvalue weighted by Crippen LogP contribution is -2.36. The molecule has 1 rings (SSSR count). The molecule has 3 N–H and O–H groups in total. The molecule has 0 bridgehead atoms. The highest BCUT2D eigenvalue weighted by atomic mass is 16.4. The average Bonchev–Trinajstić information content (AvgIpc) is 2.80. The third-order valence-corrected chi connectivity index (χ3v) is 2.27. The van der Waals surface area contributed by atoms with Gasteiger partial charge in [-0.1, -0.05) is 0 Å². The van der Waals surface area contributed by atoms with Crippen molar-refractivity contribution >= 4 is 17.8 Å². The van der Waals surface area contributed by atoms with Crippen LogP contribution < -0.4 is 10.6 Å². The molecule has 1 aromatic heterocycles. The van der Waals surface area contributed by atoms with Crippen molar-refractivity contribution in [3.05, 3.63) is 24.2 Å². The molecule has 1 aromatic rings. The van der Waals surface area contributed by atoms with Crippen LogP contribution in [-0.2, 0) is 9.59 Å². The van der Waals surface area contributed by atoms with E-state index < -0.39 is 17.9 Å². The molecule has 1 heterocycles. The molecule has 104 valence electrons. The normalized spacial score (nSPS) is 11.6. The monoisotopic (exact) mass is 268 g/mol. The summed E-state index contributed by atoms with van der Waals surface area (Å²) in [6.07, 6.45) is 1.33. The molecule has 1 unspecified atom stereocenters. The van der Waals surface area contributed by atoms with E-state index >= 15 is 0 Å². The van der Waals surface area contributed by atoms with Crippen LogP contribution in [0.1, 0.15) is 30.3 Å². The molecular weight excluding hydrogens is 252 g/mol. The molecule has 7 heteroatoms. The molecular formula is C12H16N2O5. The van der Waals surface area contributed by atoms with E-state index in [1.807, 2.05) is 0 Å². The van der Waals surface area contributed by atoms with Gasteiger partial charge in [-0.15, -0.1) is 0 Å². The first-order chi connectivity index (χ1) is 8.99. The SMILES string of the molecule is CC(CC(=O)O)NC(=O)CCNC(=O)c1ccco1. The highest BCUT2D eigenvalue weighted by molar-refractivity contribution is 5.91. The van der Waals surface area contributed by atoms with E-state index in [1.165, 1.54) is 12.3 Å². The van der Waals surface area contributed by atoms with E-state index in [-0.39, 0.29) is 31.1 Å². The molecule has 0 saturated carbocycles. The quantitative estimate of drug-likeness (QED) is 0.662. The number of hydrogen-bond donors (Lipinski definition) is 3. The summed E-state index contributed by atoms with van der Waals surface area (Å²) in [4.78, 5) is 33.3. The fraction of sp³-hybridized carbons (Fsp3) is 0.417. The highest BCUT2D eigenvalue weighted by Crippen LogP contribution is 1.99. The van der Waals surface area contributed by atoms with Crippen molar-refractivity contribution in [2.24, 2.45) is 0 Å². The summed E-state index contributed by atoms with van der Waals surface area (Å²) < 4.78 is 4.88. The Morgan fingerprint density at radius 2 is 2.16 bits per heavy atom. The second kappa shape index (κ2) is 7.20. The molecule has 2 amide bonds. The van der Waals surface area contributed by atoms with E-state index in [2.05, 4.69) is 10.6 Å². The maximum absolute atomic E-state index is 11.4. The van der Waals surface area contributed by atoms with Gasteiger partial charge >= 0.3 is 5.97 Å². The number of carbonyl (C=O) groups excluding carboxylic acids is 2. The van der Waals surface area contributed by atoms with Gasteiger partial charge in [-0.25, -0.2) is 0 Å². The first-order valence-electron chi connectivity index (χ1n) is 5.82. The third-order valence-electron chi connectivity index (χ3n) is 2.27. The zero-order valence-electron chi connectivity index (χ0n) is 10.5. The smallest absolute Gasteiger partial charge is 0.305 e. The van der Waals surface area contributed by atoms with Gasteiger partial charge in [0.05, 0.1) is 12.7 Å². The number of carbonyl (C=O) groups is 3. The summed E-state index contributed by atoms with van der Waals surface area (Å²) in [6.45, 7) is 1.76. The van der Waals surface area contributed by atoms with Crippen LogP contribution in [0.3, 0.4) is 0 Å². The Labute approximate surface area is 110 Å². The second-order valence-electron chi connectivity index (χ2n) is 4.05. The van der Waals surface area contributed by atoms with Gasteiger partial charge in [0.15, 0.2) is 5.76 Å². The predicted octanol–water partition coefficient (Wildman–Crippen LogP) is 0.379. The minimum absolute atomic E-state index is 0.0798. The number of amides is 2. The molecule has 0 aliphatic heterocycles. The molecule has 0 saturated heterocycles. The van der Waals surface area contributed by atoms with Crippen LogP contribution in [-0.4, -0.2) is 35.5 Å². The van der Waals surface area contributed by atoms with E-state index in [0.717, 1.165) is 0 Å². The Morgan fingerprint density at radius 3 is 2.74 bits per heavy atom. The zero-order valence-corrected chi connectivity index (χ0v) is 10.5. The second-order valence-corrected chi connectivity index (χ2v) is 4.05. The van der Waals surface area contributed by atoms with Crippen LogP contribution in [0.15, 0.2) is 22.8 Å². The summed E-state index contributed by atoms with van der Waals surface area (Å²) in [6, 6.07) is 2.67. The van der Waals surface area contributed by atoms with Crippen molar-refractivity contribution in [3.63, 3.8) is 0 Å². The summed E-state index contributed by atoms with van der Waals surface area (Å²) >= 11 is 0. The molecule has 0 radical (unpaired) electrons. The first-order valence-corrected chi connectivity index (χ1v) is 5.82. The number of carboxylic acid groups (broad SMARTS) is 1. The number of hydrogen-bond acceptors (Lipinski definition) is 4. The number of rotatable bonds is 7. The lowest BCUT2D eigenvalue weighted by atomic mass is 10.2. The van der Waals surface area contributed by atoms with E-state index in [4.69, 9.17) is 9.52 Å². The maximum Gasteiger partial charge on any atom is 0.305 e. The largest absolute Gasteiger partial charge is 0.481 e. The molecule has 0 aliphatic carbocycles. The molecule has 0 fully saturated rings. The van der Waals surface area contributed by atoms with Gasteiger partial charge in [-0.3, -0.25) is 14.4 Å². The topological polar surface area (TPSA) is 109 Å². The summed E-state index contributed by atoms with van der Waals surface area (Å²) in [5.74, 6) is -1.50. The minimum Gasteiger partial charge on any atom is -0.481 e. The van der Waals surface area contributed by atoms with Crippen LogP contribution in [0.4, 0.5) is 0 Å². The first kappa shape index (κ1) is 14.7. The number of furan rings is 1. The standard InChI is InChI=1S/C12H16N2O5/c1-8(7-11(16)17)14-10(15)4-5-13-12(18)9-3-2-6-19-9/h2-3,6,8H,4-5,7H2,1H3,(H,13,18)(H,14,15)(H,16,17). The van der Waals surface area contributed by atoms with Crippen molar-refractivity contribution in [2.75, 3.05) is 6.54 Å². The van der Waals surface area contributed by atoms with Gasteiger partial charge in [0.2, 0.25) is 5.91 Å². The van der Waals surface area contributed by atoms with Crippen LogP contribution in [0.25, 0.3) is 0 Å². The fourth-order valence-electron chi connectivity index (χ4n) is 1.44. The van der Waals surface area contributed by atoms with Crippen LogP contribution in [0.5, 0.6) is 0 Å². The van der Waals surface area contributed by atoms with Crippen LogP contribution in [0.2, 0.25) is 0 Å². The molecule has 0 spiro atoms. The van der Waals surface area contributed by atoms with Crippen LogP contribution in [0, 0.1) is 0 Å². The zero-order chi connectivity index (χ0) is 14.3. The summed E-state index contributed by atoms with van der Waals surface area (Å²) in [5, 5.41) is 13.6. The van der Waals surface area contributed by atoms with E-state index in [9.17, 15) is 14.4 Å². The summed E-state index contributed by atoms with van der Waals surface area (Å²) in [7, 11) is 0. The number of nitrogens with one attached hydrogen (secondary N) is 2. The van der Waals surface area contributed by atoms with Gasteiger partial charge in [0.1, 0.15) is 0 Å². The van der Waals surface area contributed by atoms with Gasteiger partial charge in [-0.2, -0.15) is 0 Å². The number of carboxylic acids is 1. The van der Waals surface area contributed by atoms with E-state index in [0.29, 0.717) is 0 Å². The number of aliphatic carboxylic acids is 1. The lowest BCUT2D eigenvalue weighted by Gasteiger charge is -2.11. The Kier molecular flexibility index (Phi) is 5.59. The maximum atomic E-state index is 11.4. The van der Waals surface area contributed by atoms with Gasteiger partial charge in [0, 0.05) is 19.0 Å². The fourth-order valence-corrected chi connectivity index (χ4v) is 1.44. The Morgan fingerprint density at radius 1 is 1.42 bits per heavy atom. The van der Waals surface area contributed by atoms with Crippen molar-refractivity contribution in [1.29, 1.82) is 0 Å². The van der Waals surface area contributed by atoms with Crippen LogP contribution >= 0.6 is 0 Å². The Balaban J connectivity index is 2.20. The van der Waals surface area contributed by atoms with Gasteiger partial charge < -0.3 is 20.2 Å². The lowest BCUT2D eigenvalue weighted by molar-refractivity contribution is -0.137. The Bertz CT molecular complexity index is 441. The Hall–Kier alpha value is -2.31. The molecule has 19 heavy (non-hydrogen) atoms. The molecule has 0 aliphatic rings. The van der Waals surface area contributed by atoms with Crippen molar-refractivity contribution < 1.29 is 23.9 Å². The van der Waals surface area contributed by atoms with Gasteiger partial charge in [-0.05, 0) is 19.1 Å². The van der Waals surface area contributed by atoms with Crippen molar-refractivity contribution in [2.45, 2.75) is 25.8 Å². The summed E-state index contributed by atoms with van der Waals surface area (Å²) in [5.41, 5.74) is 0. The average molecular weight is 268 g/mol.